The summed E-state index contributed by atoms with van der Waals surface area (Å²) in [6.07, 6.45) is 7.55. The standard InChI is InChI=1S/C19H20ClN3/c1-3-12(2)15-10-21-19(20)22-17(15)16-11-23-9-5-7-13-6-4-8-14(16)18(13)23/h4,6,8,10-12H,3,5,7,9H2,1-2H3. The molecule has 1 aliphatic rings. The van der Waals surface area contributed by atoms with Crippen LogP contribution < -0.4 is 0 Å². The molecule has 0 fully saturated rings. The third-order valence-corrected chi connectivity index (χ3v) is 5.20. The van der Waals surface area contributed by atoms with E-state index in [4.69, 9.17) is 11.6 Å². The van der Waals surface area contributed by atoms with Crippen molar-refractivity contribution in [3.63, 3.8) is 0 Å². The molecule has 3 heterocycles. The zero-order chi connectivity index (χ0) is 16.0. The minimum atomic E-state index is 0.318. The van der Waals surface area contributed by atoms with Crippen molar-refractivity contribution in [3.05, 3.63) is 47.0 Å². The molecule has 4 rings (SSSR count). The molecule has 0 saturated heterocycles. The quantitative estimate of drug-likeness (QED) is 0.619. The molecule has 1 aliphatic heterocycles. The van der Waals surface area contributed by atoms with Crippen LogP contribution in [0.15, 0.2) is 30.6 Å². The first kappa shape index (κ1) is 14.7. The van der Waals surface area contributed by atoms with Gasteiger partial charge in [-0.25, -0.2) is 9.97 Å². The molecular formula is C19H20ClN3. The van der Waals surface area contributed by atoms with Crippen LogP contribution in [0.2, 0.25) is 5.28 Å². The number of nitrogens with zero attached hydrogens (tertiary/aromatic N) is 3. The van der Waals surface area contributed by atoms with Gasteiger partial charge in [0.1, 0.15) is 0 Å². The highest BCUT2D eigenvalue weighted by molar-refractivity contribution is 6.28. The maximum Gasteiger partial charge on any atom is 0.222 e. The molecule has 0 radical (unpaired) electrons. The lowest BCUT2D eigenvalue weighted by Crippen LogP contribution is -2.05. The van der Waals surface area contributed by atoms with Gasteiger partial charge in [0.25, 0.3) is 0 Å². The summed E-state index contributed by atoms with van der Waals surface area (Å²) in [6.45, 7) is 5.49. The van der Waals surface area contributed by atoms with Crippen molar-refractivity contribution in [2.75, 3.05) is 0 Å². The van der Waals surface area contributed by atoms with Crippen LogP contribution in [0, 0.1) is 0 Å². The summed E-state index contributed by atoms with van der Waals surface area (Å²) in [5, 5.41) is 1.60. The second-order valence-corrected chi connectivity index (χ2v) is 6.74. The lowest BCUT2D eigenvalue weighted by molar-refractivity contribution is 0.636. The summed E-state index contributed by atoms with van der Waals surface area (Å²) in [5.41, 5.74) is 6.15. The smallest absolute Gasteiger partial charge is 0.222 e. The fraction of sp³-hybridized carbons (Fsp3) is 0.368. The van der Waals surface area contributed by atoms with Gasteiger partial charge in [0.05, 0.1) is 11.2 Å². The van der Waals surface area contributed by atoms with Gasteiger partial charge in [-0.15, -0.1) is 0 Å². The van der Waals surface area contributed by atoms with E-state index < -0.39 is 0 Å². The fourth-order valence-corrected chi connectivity index (χ4v) is 3.74. The number of rotatable bonds is 3. The first-order valence-corrected chi connectivity index (χ1v) is 8.70. The number of para-hydroxylation sites is 1. The lowest BCUT2D eigenvalue weighted by atomic mass is 9.94. The van der Waals surface area contributed by atoms with Crippen molar-refractivity contribution in [2.45, 2.75) is 45.6 Å². The molecule has 2 aromatic heterocycles. The van der Waals surface area contributed by atoms with Gasteiger partial charge >= 0.3 is 0 Å². The van der Waals surface area contributed by atoms with E-state index >= 15 is 0 Å². The van der Waals surface area contributed by atoms with E-state index in [2.05, 4.69) is 52.8 Å². The van der Waals surface area contributed by atoms with Gasteiger partial charge in [-0.3, -0.25) is 0 Å². The number of hydrogen-bond acceptors (Lipinski definition) is 2. The van der Waals surface area contributed by atoms with Crippen LogP contribution >= 0.6 is 11.6 Å². The molecule has 0 N–H and O–H groups in total. The summed E-state index contributed by atoms with van der Waals surface area (Å²) in [7, 11) is 0. The summed E-state index contributed by atoms with van der Waals surface area (Å²) >= 11 is 6.12. The third-order valence-electron chi connectivity index (χ3n) is 5.01. The molecule has 3 nitrogen and oxygen atoms in total. The molecule has 0 saturated carbocycles. The minimum Gasteiger partial charge on any atom is -0.347 e. The molecule has 0 spiro atoms. The molecule has 118 valence electrons. The number of benzene rings is 1. The first-order chi connectivity index (χ1) is 11.2. The van der Waals surface area contributed by atoms with Crippen molar-refractivity contribution in [1.29, 1.82) is 0 Å². The van der Waals surface area contributed by atoms with Crippen LogP contribution in [0.4, 0.5) is 0 Å². The summed E-state index contributed by atoms with van der Waals surface area (Å²) in [6, 6.07) is 6.60. The fourth-order valence-electron chi connectivity index (χ4n) is 3.61. The van der Waals surface area contributed by atoms with Gasteiger partial charge in [0, 0.05) is 29.9 Å². The Kier molecular flexibility index (Phi) is 3.61. The average Bonchev–Trinajstić information content (AvgIpc) is 2.95. The second-order valence-electron chi connectivity index (χ2n) is 6.41. The molecule has 0 bridgehead atoms. The van der Waals surface area contributed by atoms with Gasteiger partial charge in [0.2, 0.25) is 5.28 Å². The third kappa shape index (κ3) is 2.34. The number of aromatic nitrogens is 3. The zero-order valence-corrected chi connectivity index (χ0v) is 14.3. The Bertz CT molecular complexity index is 882. The lowest BCUT2D eigenvalue weighted by Gasteiger charge is -2.14. The molecule has 3 aromatic rings. The molecular weight excluding hydrogens is 306 g/mol. The SMILES string of the molecule is CCC(C)c1cnc(Cl)nc1-c1cn2c3c(cccc13)CCC2. The normalized spacial score (nSPS) is 15.1. The van der Waals surface area contributed by atoms with E-state index in [1.807, 2.05) is 6.20 Å². The van der Waals surface area contributed by atoms with E-state index in [0.29, 0.717) is 11.2 Å². The Morgan fingerprint density at radius 1 is 1.35 bits per heavy atom. The predicted molar refractivity (Wildman–Crippen MR) is 95.0 cm³/mol. The summed E-state index contributed by atoms with van der Waals surface area (Å²) in [4.78, 5) is 8.82. The monoisotopic (exact) mass is 325 g/mol. The van der Waals surface area contributed by atoms with Crippen LogP contribution in [-0.2, 0) is 13.0 Å². The van der Waals surface area contributed by atoms with Crippen LogP contribution in [0.25, 0.3) is 22.2 Å². The largest absolute Gasteiger partial charge is 0.347 e. The highest BCUT2D eigenvalue weighted by Gasteiger charge is 2.21. The highest BCUT2D eigenvalue weighted by atomic mass is 35.5. The van der Waals surface area contributed by atoms with Gasteiger partial charge < -0.3 is 4.57 Å². The van der Waals surface area contributed by atoms with E-state index in [-0.39, 0.29) is 0 Å². The van der Waals surface area contributed by atoms with Gasteiger partial charge in [0.15, 0.2) is 0 Å². The molecule has 1 aromatic carbocycles. The van der Waals surface area contributed by atoms with Gasteiger partial charge in [-0.2, -0.15) is 0 Å². The Morgan fingerprint density at radius 3 is 3.04 bits per heavy atom. The number of halogens is 1. The van der Waals surface area contributed by atoms with Gasteiger partial charge in [-0.1, -0.05) is 32.0 Å². The van der Waals surface area contributed by atoms with Crippen molar-refractivity contribution in [2.24, 2.45) is 0 Å². The molecule has 1 unspecified atom stereocenters. The molecule has 23 heavy (non-hydrogen) atoms. The zero-order valence-electron chi connectivity index (χ0n) is 13.5. The van der Waals surface area contributed by atoms with Crippen LogP contribution in [-0.4, -0.2) is 14.5 Å². The Morgan fingerprint density at radius 2 is 2.22 bits per heavy atom. The highest BCUT2D eigenvalue weighted by Crippen LogP contribution is 2.38. The number of hydrogen-bond donors (Lipinski definition) is 0. The predicted octanol–water partition coefficient (Wildman–Crippen LogP) is 5.21. The Balaban J connectivity index is 2.01. The summed E-state index contributed by atoms with van der Waals surface area (Å²) < 4.78 is 2.37. The van der Waals surface area contributed by atoms with E-state index in [1.165, 1.54) is 34.0 Å². The van der Waals surface area contributed by atoms with E-state index in [0.717, 1.165) is 25.1 Å². The van der Waals surface area contributed by atoms with Crippen LogP contribution in [0.1, 0.15) is 43.7 Å². The summed E-state index contributed by atoms with van der Waals surface area (Å²) in [5.74, 6) is 0.411. The molecule has 0 amide bonds. The first-order valence-electron chi connectivity index (χ1n) is 8.32. The van der Waals surface area contributed by atoms with Crippen molar-refractivity contribution in [3.8, 4) is 11.3 Å². The second kappa shape index (κ2) is 5.64. The average molecular weight is 326 g/mol. The number of aryl methyl sites for hydroxylation is 2. The Hall–Kier alpha value is -1.87. The van der Waals surface area contributed by atoms with Crippen LogP contribution in [0.5, 0.6) is 0 Å². The van der Waals surface area contributed by atoms with E-state index in [1.54, 1.807) is 0 Å². The van der Waals surface area contributed by atoms with Crippen molar-refractivity contribution < 1.29 is 0 Å². The molecule has 0 aliphatic carbocycles. The van der Waals surface area contributed by atoms with Crippen molar-refractivity contribution in [1.82, 2.24) is 14.5 Å². The minimum absolute atomic E-state index is 0.318. The topological polar surface area (TPSA) is 30.7 Å². The molecule has 4 heteroatoms. The Labute approximate surface area is 141 Å². The molecule has 1 atom stereocenters. The van der Waals surface area contributed by atoms with E-state index in [9.17, 15) is 0 Å². The maximum absolute atomic E-state index is 6.12. The van der Waals surface area contributed by atoms with Gasteiger partial charge in [-0.05, 0) is 47.9 Å². The van der Waals surface area contributed by atoms with Crippen molar-refractivity contribution >= 4 is 22.5 Å². The van der Waals surface area contributed by atoms with Crippen LogP contribution in [0.3, 0.4) is 0 Å². The maximum atomic E-state index is 6.12.